The van der Waals surface area contributed by atoms with Crippen molar-refractivity contribution in [1.29, 1.82) is 0 Å². The lowest BCUT2D eigenvalue weighted by molar-refractivity contribution is 0.397. The zero-order valence-electron chi connectivity index (χ0n) is 11.0. The van der Waals surface area contributed by atoms with Crippen LogP contribution in [0.3, 0.4) is 0 Å². The molecule has 2 N–H and O–H groups in total. The van der Waals surface area contributed by atoms with Gasteiger partial charge >= 0.3 is 0 Å². The second kappa shape index (κ2) is 7.17. The Morgan fingerprint density at radius 3 is 2.60 bits per heavy atom. The number of hydrogen-bond acceptors (Lipinski definition) is 7. The average Bonchev–Trinajstić information content (AvgIpc) is 2.49. The molecular formula is C12H15FN6O. The van der Waals surface area contributed by atoms with Gasteiger partial charge in [0, 0.05) is 19.2 Å². The molecule has 0 bridgehead atoms. The smallest absolute Gasteiger partial charge is 0.222 e. The van der Waals surface area contributed by atoms with Gasteiger partial charge in [-0.25, -0.2) is 24.3 Å². The number of aromatic nitrogens is 4. The maximum absolute atomic E-state index is 12.6. The molecule has 0 radical (unpaired) electrons. The molecule has 0 aliphatic rings. The van der Waals surface area contributed by atoms with Crippen LogP contribution >= 0.6 is 0 Å². The van der Waals surface area contributed by atoms with Gasteiger partial charge in [0.1, 0.15) is 12.1 Å². The fourth-order valence-electron chi connectivity index (χ4n) is 1.46. The van der Waals surface area contributed by atoms with Crippen molar-refractivity contribution in [2.24, 2.45) is 0 Å². The van der Waals surface area contributed by atoms with Crippen LogP contribution in [0.4, 0.5) is 16.2 Å². The van der Waals surface area contributed by atoms with Crippen molar-refractivity contribution in [2.75, 3.05) is 30.8 Å². The van der Waals surface area contributed by atoms with Gasteiger partial charge in [-0.2, -0.15) is 0 Å². The van der Waals surface area contributed by atoms with Gasteiger partial charge < -0.3 is 15.4 Å². The van der Waals surface area contributed by atoms with E-state index >= 15 is 0 Å². The molecule has 0 aromatic carbocycles. The summed E-state index contributed by atoms with van der Waals surface area (Å²) in [6, 6.07) is 1.72. The number of hydrogen-bond donors (Lipinski definition) is 2. The maximum atomic E-state index is 12.6. The first-order valence-electron chi connectivity index (χ1n) is 6.09. The van der Waals surface area contributed by atoms with Crippen molar-refractivity contribution in [1.82, 2.24) is 19.9 Å². The molecule has 0 unspecified atom stereocenters. The molecule has 0 saturated carbocycles. The van der Waals surface area contributed by atoms with Crippen molar-refractivity contribution >= 4 is 11.8 Å². The molecule has 2 rings (SSSR count). The lowest BCUT2D eigenvalue weighted by Gasteiger charge is -2.07. The van der Waals surface area contributed by atoms with E-state index in [0.717, 1.165) is 18.8 Å². The summed E-state index contributed by atoms with van der Waals surface area (Å²) < 4.78 is 17.6. The lowest BCUT2D eigenvalue weighted by atomic mass is 10.4. The Bertz CT molecular complexity index is 536. The van der Waals surface area contributed by atoms with E-state index in [1.54, 1.807) is 13.2 Å². The highest BCUT2D eigenvalue weighted by molar-refractivity contribution is 5.36. The van der Waals surface area contributed by atoms with Crippen molar-refractivity contribution < 1.29 is 9.13 Å². The van der Waals surface area contributed by atoms with Gasteiger partial charge in [0.2, 0.25) is 11.8 Å². The van der Waals surface area contributed by atoms with Crippen LogP contribution in [-0.2, 0) is 0 Å². The molecule has 0 aliphatic heterocycles. The maximum Gasteiger partial charge on any atom is 0.222 e. The molecule has 0 atom stereocenters. The number of rotatable bonds is 7. The molecule has 0 fully saturated rings. The predicted molar refractivity (Wildman–Crippen MR) is 72.2 cm³/mol. The summed E-state index contributed by atoms with van der Waals surface area (Å²) in [5.41, 5.74) is 0. The third-order valence-electron chi connectivity index (χ3n) is 2.41. The van der Waals surface area contributed by atoms with Gasteiger partial charge in [0.15, 0.2) is 5.82 Å². The van der Waals surface area contributed by atoms with Gasteiger partial charge in [-0.15, -0.1) is 0 Å². The summed E-state index contributed by atoms with van der Waals surface area (Å²) in [5.74, 6) is 1.18. The molecule has 2 aromatic rings. The van der Waals surface area contributed by atoms with E-state index in [-0.39, 0.29) is 0 Å². The summed E-state index contributed by atoms with van der Waals surface area (Å²) in [6.07, 6.45) is 4.51. The normalized spacial score (nSPS) is 10.1. The number of methoxy groups -OCH3 is 1. The molecular weight excluding hydrogens is 263 g/mol. The Hall–Kier alpha value is -2.51. The first-order valence-corrected chi connectivity index (χ1v) is 6.09. The highest BCUT2D eigenvalue weighted by atomic mass is 19.1. The highest BCUT2D eigenvalue weighted by Crippen LogP contribution is 2.09. The first-order chi connectivity index (χ1) is 9.78. The van der Waals surface area contributed by atoms with Crippen molar-refractivity contribution in [3.8, 4) is 5.88 Å². The van der Waals surface area contributed by atoms with Gasteiger partial charge in [-0.3, -0.25) is 0 Å². The Morgan fingerprint density at radius 1 is 1.10 bits per heavy atom. The van der Waals surface area contributed by atoms with Crippen LogP contribution in [0.15, 0.2) is 24.8 Å². The van der Waals surface area contributed by atoms with Gasteiger partial charge in [0.25, 0.3) is 0 Å². The minimum absolute atomic E-state index is 0.412. The Kier molecular flexibility index (Phi) is 4.99. The summed E-state index contributed by atoms with van der Waals surface area (Å²) >= 11 is 0. The molecule has 2 heterocycles. The third-order valence-corrected chi connectivity index (χ3v) is 2.41. The summed E-state index contributed by atoms with van der Waals surface area (Å²) in [6.45, 7) is 1.38. The van der Waals surface area contributed by atoms with E-state index in [1.807, 2.05) is 0 Å². The summed E-state index contributed by atoms with van der Waals surface area (Å²) in [5, 5.41) is 6.14. The van der Waals surface area contributed by atoms with Gasteiger partial charge in [-0.1, -0.05) is 0 Å². The fraction of sp³-hybridized carbons (Fsp3) is 0.333. The van der Waals surface area contributed by atoms with Crippen LogP contribution < -0.4 is 15.4 Å². The largest absolute Gasteiger partial charge is 0.481 e. The van der Waals surface area contributed by atoms with E-state index in [2.05, 4.69) is 30.6 Å². The molecule has 0 amide bonds. The van der Waals surface area contributed by atoms with Crippen LogP contribution in [0.1, 0.15) is 6.42 Å². The van der Waals surface area contributed by atoms with Crippen LogP contribution in [0.25, 0.3) is 0 Å². The molecule has 0 aliphatic carbocycles. The zero-order valence-corrected chi connectivity index (χ0v) is 11.0. The molecule has 7 nitrogen and oxygen atoms in total. The molecule has 8 heteroatoms. The number of anilines is 2. The number of halogens is 1. The third kappa shape index (κ3) is 4.30. The molecule has 106 valence electrons. The zero-order chi connectivity index (χ0) is 14.2. The topological polar surface area (TPSA) is 84.9 Å². The van der Waals surface area contributed by atoms with E-state index in [0.29, 0.717) is 30.7 Å². The molecule has 2 aromatic heterocycles. The van der Waals surface area contributed by atoms with Crippen molar-refractivity contribution in [3.63, 3.8) is 0 Å². The lowest BCUT2D eigenvalue weighted by Crippen LogP contribution is -2.11. The van der Waals surface area contributed by atoms with Gasteiger partial charge in [0.05, 0.1) is 19.5 Å². The van der Waals surface area contributed by atoms with Crippen molar-refractivity contribution in [2.45, 2.75) is 6.42 Å². The minimum atomic E-state index is -0.449. The SMILES string of the molecule is COc1cc(NCCCNc2ncc(F)cn2)ncn1. The van der Waals surface area contributed by atoms with E-state index in [4.69, 9.17) is 4.74 Å². The van der Waals surface area contributed by atoms with Crippen LogP contribution in [0.5, 0.6) is 5.88 Å². The summed E-state index contributed by atoms with van der Waals surface area (Å²) in [4.78, 5) is 15.6. The fourth-order valence-corrected chi connectivity index (χ4v) is 1.46. The average molecular weight is 278 g/mol. The predicted octanol–water partition coefficient (Wildman–Crippen LogP) is 1.33. The first kappa shape index (κ1) is 13.9. The van der Waals surface area contributed by atoms with Crippen LogP contribution in [0.2, 0.25) is 0 Å². The van der Waals surface area contributed by atoms with Crippen molar-refractivity contribution in [3.05, 3.63) is 30.6 Å². The monoisotopic (exact) mass is 278 g/mol. The Balaban J connectivity index is 1.67. The summed E-state index contributed by atoms with van der Waals surface area (Å²) in [7, 11) is 1.55. The molecule has 0 spiro atoms. The van der Waals surface area contributed by atoms with E-state index in [9.17, 15) is 4.39 Å². The molecule has 0 saturated heterocycles. The molecule has 20 heavy (non-hydrogen) atoms. The number of nitrogens with zero attached hydrogens (tertiary/aromatic N) is 4. The second-order valence-electron chi connectivity index (χ2n) is 3.88. The highest BCUT2D eigenvalue weighted by Gasteiger charge is 1.98. The Morgan fingerprint density at radius 2 is 1.85 bits per heavy atom. The Labute approximate surface area is 115 Å². The number of nitrogens with one attached hydrogen (secondary N) is 2. The standard InChI is InChI=1S/C12H15FN6O/c1-20-11-5-10(18-8-19-11)14-3-2-4-15-12-16-6-9(13)7-17-12/h5-8H,2-4H2,1H3,(H,14,18,19)(H,15,16,17). The number of ether oxygens (including phenoxy) is 1. The van der Waals surface area contributed by atoms with Gasteiger partial charge in [-0.05, 0) is 6.42 Å². The quantitative estimate of drug-likeness (QED) is 0.739. The van der Waals surface area contributed by atoms with Crippen LogP contribution in [0, 0.1) is 5.82 Å². The van der Waals surface area contributed by atoms with E-state index in [1.165, 1.54) is 6.33 Å². The van der Waals surface area contributed by atoms with Crippen LogP contribution in [-0.4, -0.2) is 40.1 Å². The second-order valence-corrected chi connectivity index (χ2v) is 3.88. The van der Waals surface area contributed by atoms with E-state index < -0.39 is 5.82 Å². The minimum Gasteiger partial charge on any atom is -0.481 e.